The molecule has 158 valence electrons. The minimum Gasteiger partial charge on any atom is -0.334 e. The van der Waals surface area contributed by atoms with Crippen molar-refractivity contribution >= 4 is 11.8 Å². The van der Waals surface area contributed by atoms with E-state index in [2.05, 4.69) is 15.9 Å². The van der Waals surface area contributed by atoms with Crippen molar-refractivity contribution in [3.05, 3.63) is 47.0 Å². The second kappa shape index (κ2) is 7.23. The summed E-state index contributed by atoms with van der Waals surface area (Å²) in [5.74, 6) is 1.37. The van der Waals surface area contributed by atoms with E-state index >= 15 is 0 Å². The number of nitrogens with zero attached hydrogens (tertiary/aromatic N) is 3. The summed E-state index contributed by atoms with van der Waals surface area (Å²) < 4.78 is 0. The Labute approximate surface area is 178 Å². The van der Waals surface area contributed by atoms with Crippen LogP contribution < -0.4 is 0 Å². The second-order valence-electron chi connectivity index (χ2n) is 9.91. The number of amides is 2. The van der Waals surface area contributed by atoms with Crippen LogP contribution in [0.15, 0.2) is 35.9 Å². The predicted molar refractivity (Wildman–Crippen MR) is 115 cm³/mol. The maximum Gasteiger partial charge on any atom is 0.254 e. The molecule has 0 N–H and O–H groups in total. The lowest BCUT2D eigenvalue weighted by atomic mass is 9.68. The Morgan fingerprint density at radius 3 is 2.90 bits per heavy atom. The van der Waals surface area contributed by atoms with Crippen LogP contribution in [0.4, 0.5) is 0 Å². The van der Waals surface area contributed by atoms with Crippen molar-refractivity contribution in [1.82, 2.24) is 14.7 Å². The molecule has 2 bridgehead atoms. The molecule has 0 radical (unpaired) electrons. The average molecular weight is 406 g/mol. The molecule has 2 amide bonds. The Balaban J connectivity index is 1.22. The molecule has 0 aromatic heterocycles. The summed E-state index contributed by atoms with van der Waals surface area (Å²) in [6.07, 6.45) is 10.0. The predicted octanol–water partition coefficient (Wildman–Crippen LogP) is 3.06. The summed E-state index contributed by atoms with van der Waals surface area (Å²) in [5.41, 5.74) is 3.31. The van der Waals surface area contributed by atoms with Crippen LogP contribution in [-0.2, 0) is 11.3 Å². The van der Waals surface area contributed by atoms with Gasteiger partial charge in [0, 0.05) is 31.2 Å². The molecule has 3 saturated heterocycles. The standard InChI is InChI=1S/C25H31N3O2/c29-23(16-27-14-18-6-1-2-8-21(18)25(27)30)28-11-5-7-17-12-19-13-20(24(17)28)15-26-10-4-3-9-22(19)26/h1-2,6,8,12,19-20,22,24H,3-5,7,9-11,13-16H2/t19-,20-,22+,24-/m0/s1. The third kappa shape index (κ3) is 2.93. The van der Waals surface area contributed by atoms with Gasteiger partial charge in [-0.2, -0.15) is 0 Å². The Hall–Kier alpha value is -2.14. The number of rotatable bonds is 2. The smallest absolute Gasteiger partial charge is 0.254 e. The zero-order valence-electron chi connectivity index (χ0n) is 17.6. The Morgan fingerprint density at radius 2 is 2.00 bits per heavy atom. The van der Waals surface area contributed by atoms with Crippen molar-refractivity contribution in [2.24, 2.45) is 11.8 Å². The van der Waals surface area contributed by atoms with E-state index in [1.54, 1.807) is 4.90 Å². The van der Waals surface area contributed by atoms with E-state index in [9.17, 15) is 9.59 Å². The highest BCUT2D eigenvalue weighted by atomic mass is 16.2. The molecule has 4 aliphatic heterocycles. The minimum atomic E-state index is 0.00394. The molecule has 4 heterocycles. The van der Waals surface area contributed by atoms with Crippen LogP contribution in [0.3, 0.4) is 0 Å². The van der Waals surface area contributed by atoms with Crippen LogP contribution in [-0.4, -0.2) is 64.8 Å². The number of hydrogen-bond donors (Lipinski definition) is 0. The number of piperidine rings is 3. The van der Waals surface area contributed by atoms with E-state index in [1.807, 2.05) is 24.3 Å². The Bertz CT molecular complexity index is 909. The van der Waals surface area contributed by atoms with Crippen molar-refractivity contribution in [1.29, 1.82) is 0 Å². The van der Waals surface area contributed by atoms with Crippen LogP contribution in [0.25, 0.3) is 0 Å². The van der Waals surface area contributed by atoms with Crippen LogP contribution in [0.2, 0.25) is 0 Å². The highest BCUT2D eigenvalue weighted by Gasteiger charge is 2.47. The fourth-order valence-corrected chi connectivity index (χ4v) is 6.95. The lowest BCUT2D eigenvalue weighted by Crippen LogP contribution is -2.60. The molecular weight excluding hydrogens is 374 g/mol. The van der Waals surface area contributed by atoms with Crippen LogP contribution in [0, 0.1) is 11.8 Å². The fourth-order valence-electron chi connectivity index (χ4n) is 6.95. The zero-order chi connectivity index (χ0) is 20.2. The van der Waals surface area contributed by atoms with Gasteiger partial charge in [-0.1, -0.05) is 36.3 Å². The van der Waals surface area contributed by atoms with Gasteiger partial charge in [0.2, 0.25) is 5.91 Å². The van der Waals surface area contributed by atoms with E-state index in [0.29, 0.717) is 18.4 Å². The molecule has 0 spiro atoms. The number of benzene rings is 1. The summed E-state index contributed by atoms with van der Waals surface area (Å²) in [7, 11) is 0. The van der Waals surface area contributed by atoms with Gasteiger partial charge in [-0.15, -0.1) is 0 Å². The first-order valence-corrected chi connectivity index (χ1v) is 11.8. The van der Waals surface area contributed by atoms with Crippen molar-refractivity contribution in [3.63, 3.8) is 0 Å². The van der Waals surface area contributed by atoms with Crippen LogP contribution >= 0.6 is 0 Å². The highest BCUT2D eigenvalue weighted by molar-refractivity contribution is 6.00. The molecule has 6 rings (SSSR count). The molecular formula is C25H31N3O2. The molecule has 30 heavy (non-hydrogen) atoms. The van der Waals surface area contributed by atoms with Crippen LogP contribution in [0.5, 0.6) is 0 Å². The van der Waals surface area contributed by atoms with Crippen molar-refractivity contribution in [2.75, 3.05) is 26.2 Å². The molecule has 0 saturated carbocycles. The van der Waals surface area contributed by atoms with E-state index in [0.717, 1.165) is 43.1 Å². The Morgan fingerprint density at radius 1 is 1.10 bits per heavy atom. The normalized spacial score (nSPS) is 32.9. The number of carbonyl (C=O) groups excluding carboxylic acids is 2. The Kier molecular flexibility index (Phi) is 4.48. The van der Waals surface area contributed by atoms with Gasteiger partial charge >= 0.3 is 0 Å². The van der Waals surface area contributed by atoms with Gasteiger partial charge in [-0.3, -0.25) is 14.5 Å². The molecule has 1 aliphatic carbocycles. The summed E-state index contributed by atoms with van der Waals surface area (Å²) in [6, 6.07) is 8.73. The summed E-state index contributed by atoms with van der Waals surface area (Å²) in [4.78, 5) is 32.8. The van der Waals surface area contributed by atoms with Gasteiger partial charge in [0.05, 0.1) is 6.04 Å². The molecule has 5 nitrogen and oxygen atoms in total. The first-order chi connectivity index (χ1) is 14.7. The van der Waals surface area contributed by atoms with Crippen molar-refractivity contribution in [2.45, 2.75) is 57.2 Å². The molecule has 3 fully saturated rings. The monoisotopic (exact) mass is 405 g/mol. The van der Waals surface area contributed by atoms with Gasteiger partial charge in [-0.25, -0.2) is 0 Å². The van der Waals surface area contributed by atoms with Crippen molar-refractivity contribution in [3.8, 4) is 0 Å². The first-order valence-electron chi connectivity index (χ1n) is 11.8. The first kappa shape index (κ1) is 18.6. The van der Waals surface area contributed by atoms with Gasteiger partial charge in [0.25, 0.3) is 5.91 Å². The second-order valence-corrected chi connectivity index (χ2v) is 9.91. The number of likely N-dealkylation sites (tertiary alicyclic amines) is 1. The molecule has 5 heteroatoms. The molecule has 5 aliphatic rings. The lowest BCUT2D eigenvalue weighted by Gasteiger charge is -2.54. The third-order valence-electron chi connectivity index (χ3n) is 8.20. The quantitative estimate of drug-likeness (QED) is 0.711. The van der Waals surface area contributed by atoms with E-state index in [-0.39, 0.29) is 24.4 Å². The molecule has 1 aromatic carbocycles. The highest BCUT2D eigenvalue weighted by Crippen LogP contribution is 2.45. The van der Waals surface area contributed by atoms with E-state index in [4.69, 9.17) is 0 Å². The van der Waals surface area contributed by atoms with E-state index < -0.39 is 0 Å². The third-order valence-corrected chi connectivity index (χ3v) is 8.20. The van der Waals surface area contributed by atoms with Crippen molar-refractivity contribution < 1.29 is 9.59 Å². The summed E-state index contributed by atoms with van der Waals surface area (Å²) in [6.45, 7) is 3.96. The number of fused-ring (bicyclic) bond motifs is 7. The number of carbonyl (C=O) groups is 2. The number of hydrogen-bond acceptors (Lipinski definition) is 3. The lowest BCUT2D eigenvalue weighted by molar-refractivity contribution is -0.137. The molecule has 4 atom stereocenters. The zero-order valence-corrected chi connectivity index (χ0v) is 17.6. The SMILES string of the molecule is O=C1c2ccccc2CN1CC(=O)N1CCCC2=C[C@H]3C[C@@H](CN4CCCC[C@H]34)[C@H]21. The van der Waals surface area contributed by atoms with Gasteiger partial charge < -0.3 is 9.80 Å². The van der Waals surface area contributed by atoms with E-state index in [1.165, 1.54) is 37.8 Å². The van der Waals surface area contributed by atoms with Gasteiger partial charge in [-0.05, 0) is 62.1 Å². The minimum absolute atomic E-state index is 0.00394. The maximum absolute atomic E-state index is 13.4. The molecule has 0 unspecified atom stereocenters. The summed E-state index contributed by atoms with van der Waals surface area (Å²) in [5, 5.41) is 0. The van der Waals surface area contributed by atoms with Crippen LogP contribution in [0.1, 0.15) is 54.4 Å². The molecule has 1 aromatic rings. The van der Waals surface area contributed by atoms with Gasteiger partial charge in [0.1, 0.15) is 6.54 Å². The maximum atomic E-state index is 13.4. The largest absolute Gasteiger partial charge is 0.334 e. The fraction of sp³-hybridized carbons (Fsp3) is 0.600. The summed E-state index contributed by atoms with van der Waals surface area (Å²) >= 11 is 0. The topological polar surface area (TPSA) is 43.9 Å². The van der Waals surface area contributed by atoms with Gasteiger partial charge in [0.15, 0.2) is 0 Å². The average Bonchev–Trinajstić information content (AvgIpc) is 3.09.